The second-order valence-electron chi connectivity index (χ2n) is 4.33. The van der Waals surface area contributed by atoms with Crippen LogP contribution in [0, 0.1) is 0 Å². The Balaban J connectivity index is 2.44. The summed E-state index contributed by atoms with van der Waals surface area (Å²) in [6.07, 6.45) is -4.46. The molecule has 0 saturated carbocycles. The van der Waals surface area contributed by atoms with E-state index in [1.165, 1.54) is 19.1 Å². The van der Waals surface area contributed by atoms with Gasteiger partial charge in [0.2, 0.25) is 0 Å². The molecule has 0 saturated heterocycles. The SMILES string of the molecule is CC(=O)OCc1cc(O)c2cc(C(F)(F)F)ccc2c1. The Morgan fingerprint density at radius 2 is 1.95 bits per heavy atom. The van der Waals surface area contributed by atoms with Crippen LogP contribution in [-0.2, 0) is 22.3 Å². The fourth-order valence-electron chi connectivity index (χ4n) is 1.84. The minimum atomic E-state index is -4.46. The van der Waals surface area contributed by atoms with E-state index in [1.54, 1.807) is 6.07 Å². The largest absolute Gasteiger partial charge is 0.507 e. The standard InChI is InChI=1S/C14H11F3O3/c1-8(18)20-7-9-4-10-2-3-11(14(15,16)17)6-12(10)13(19)5-9/h2-6,19H,7H2,1H3. The smallest absolute Gasteiger partial charge is 0.416 e. The lowest BCUT2D eigenvalue weighted by Crippen LogP contribution is -2.04. The van der Waals surface area contributed by atoms with Gasteiger partial charge in [-0.3, -0.25) is 4.79 Å². The van der Waals surface area contributed by atoms with Gasteiger partial charge >= 0.3 is 12.1 Å². The van der Waals surface area contributed by atoms with Crippen LogP contribution in [0.25, 0.3) is 10.8 Å². The van der Waals surface area contributed by atoms with Crippen molar-refractivity contribution >= 4 is 16.7 Å². The number of fused-ring (bicyclic) bond motifs is 1. The number of alkyl halides is 3. The Morgan fingerprint density at radius 3 is 2.55 bits per heavy atom. The topological polar surface area (TPSA) is 46.5 Å². The van der Waals surface area contributed by atoms with Crippen LogP contribution in [0.1, 0.15) is 18.1 Å². The molecule has 20 heavy (non-hydrogen) atoms. The van der Waals surface area contributed by atoms with Crippen LogP contribution in [0.4, 0.5) is 13.2 Å². The van der Waals surface area contributed by atoms with Crippen LogP contribution >= 0.6 is 0 Å². The molecule has 0 aliphatic heterocycles. The molecular formula is C14H11F3O3. The first-order chi connectivity index (χ1) is 9.27. The Labute approximate surface area is 112 Å². The van der Waals surface area contributed by atoms with Crippen molar-refractivity contribution in [1.82, 2.24) is 0 Å². The van der Waals surface area contributed by atoms with Gasteiger partial charge in [-0.2, -0.15) is 13.2 Å². The van der Waals surface area contributed by atoms with E-state index in [0.717, 1.165) is 12.1 Å². The summed E-state index contributed by atoms with van der Waals surface area (Å²) < 4.78 is 42.6. The van der Waals surface area contributed by atoms with Gasteiger partial charge in [0.1, 0.15) is 12.4 Å². The number of hydrogen-bond acceptors (Lipinski definition) is 3. The first-order valence-corrected chi connectivity index (χ1v) is 5.73. The van der Waals surface area contributed by atoms with Crippen molar-refractivity contribution in [2.45, 2.75) is 19.7 Å². The zero-order chi connectivity index (χ0) is 14.9. The third-order valence-corrected chi connectivity index (χ3v) is 2.76. The van der Waals surface area contributed by atoms with Crippen molar-refractivity contribution in [2.24, 2.45) is 0 Å². The first-order valence-electron chi connectivity index (χ1n) is 5.73. The highest BCUT2D eigenvalue weighted by atomic mass is 19.4. The van der Waals surface area contributed by atoms with Crippen LogP contribution in [0.5, 0.6) is 5.75 Å². The zero-order valence-corrected chi connectivity index (χ0v) is 10.5. The normalized spacial score (nSPS) is 11.6. The molecule has 0 spiro atoms. The highest BCUT2D eigenvalue weighted by molar-refractivity contribution is 5.89. The zero-order valence-electron chi connectivity index (χ0n) is 10.5. The predicted octanol–water partition coefficient (Wildman–Crippen LogP) is 3.63. The van der Waals surface area contributed by atoms with Crippen molar-refractivity contribution in [3.63, 3.8) is 0 Å². The van der Waals surface area contributed by atoms with E-state index in [9.17, 15) is 23.1 Å². The van der Waals surface area contributed by atoms with Gasteiger partial charge in [-0.1, -0.05) is 6.07 Å². The van der Waals surface area contributed by atoms with E-state index in [0.29, 0.717) is 10.9 Å². The number of esters is 1. The minimum Gasteiger partial charge on any atom is -0.507 e. The van der Waals surface area contributed by atoms with Gasteiger partial charge in [0, 0.05) is 12.3 Å². The number of carbonyl (C=O) groups excluding carboxylic acids is 1. The summed E-state index contributed by atoms with van der Waals surface area (Å²) >= 11 is 0. The third kappa shape index (κ3) is 3.01. The lowest BCUT2D eigenvalue weighted by Gasteiger charge is -2.10. The molecule has 106 valence electrons. The van der Waals surface area contributed by atoms with Gasteiger partial charge < -0.3 is 9.84 Å². The molecule has 0 aliphatic rings. The maximum atomic E-state index is 12.6. The number of rotatable bonds is 2. The number of carbonyl (C=O) groups is 1. The summed E-state index contributed by atoms with van der Waals surface area (Å²) in [4.78, 5) is 10.7. The second kappa shape index (κ2) is 5.03. The molecule has 0 bridgehead atoms. The molecule has 0 heterocycles. The number of phenolic OH excluding ortho intramolecular Hbond substituents is 1. The molecule has 1 N–H and O–H groups in total. The summed E-state index contributed by atoms with van der Waals surface area (Å²) in [5.74, 6) is -0.757. The van der Waals surface area contributed by atoms with Crippen LogP contribution < -0.4 is 0 Å². The van der Waals surface area contributed by atoms with Crippen LogP contribution in [-0.4, -0.2) is 11.1 Å². The molecule has 0 amide bonds. The van der Waals surface area contributed by atoms with Crippen LogP contribution in [0.2, 0.25) is 0 Å². The Kier molecular flexibility index (Phi) is 3.57. The van der Waals surface area contributed by atoms with E-state index in [4.69, 9.17) is 4.74 Å². The maximum Gasteiger partial charge on any atom is 0.416 e. The molecule has 0 fully saturated rings. The fraction of sp³-hybridized carbons (Fsp3) is 0.214. The number of phenols is 1. The highest BCUT2D eigenvalue weighted by Gasteiger charge is 2.30. The monoisotopic (exact) mass is 284 g/mol. The lowest BCUT2D eigenvalue weighted by molar-refractivity contribution is -0.142. The summed E-state index contributed by atoms with van der Waals surface area (Å²) in [6, 6.07) is 5.95. The Bertz CT molecular complexity index is 662. The Morgan fingerprint density at radius 1 is 1.25 bits per heavy atom. The van der Waals surface area contributed by atoms with E-state index in [2.05, 4.69) is 0 Å². The number of aromatic hydroxyl groups is 1. The van der Waals surface area contributed by atoms with Gasteiger partial charge in [-0.05, 0) is 35.2 Å². The van der Waals surface area contributed by atoms with E-state index >= 15 is 0 Å². The van der Waals surface area contributed by atoms with Gasteiger partial charge in [0.05, 0.1) is 5.56 Å². The number of ether oxygens (including phenoxy) is 1. The van der Waals surface area contributed by atoms with Gasteiger partial charge in [0.25, 0.3) is 0 Å². The van der Waals surface area contributed by atoms with Crippen molar-refractivity contribution in [1.29, 1.82) is 0 Å². The molecule has 2 aromatic rings. The lowest BCUT2D eigenvalue weighted by atomic mass is 10.0. The van der Waals surface area contributed by atoms with Crippen molar-refractivity contribution in [3.8, 4) is 5.75 Å². The molecule has 0 aliphatic carbocycles. The first kappa shape index (κ1) is 14.2. The second-order valence-corrected chi connectivity index (χ2v) is 4.33. The van der Waals surface area contributed by atoms with Crippen LogP contribution in [0.3, 0.4) is 0 Å². The van der Waals surface area contributed by atoms with Crippen molar-refractivity contribution < 1.29 is 27.8 Å². The molecule has 2 aromatic carbocycles. The van der Waals surface area contributed by atoms with Crippen molar-refractivity contribution in [3.05, 3.63) is 41.5 Å². The average Bonchev–Trinajstić information content (AvgIpc) is 2.35. The van der Waals surface area contributed by atoms with Crippen molar-refractivity contribution in [2.75, 3.05) is 0 Å². The van der Waals surface area contributed by atoms with E-state index < -0.39 is 17.7 Å². The molecule has 0 atom stereocenters. The number of benzene rings is 2. The molecule has 3 nitrogen and oxygen atoms in total. The molecule has 0 radical (unpaired) electrons. The van der Waals surface area contributed by atoms with Crippen LogP contribution in [0.15, 0.2) is 30.3 Å². The quantitative estimate of drug-likeness (QED) is 0.857. The predicted molar refractivity (Wildman–Crippen MR) is 66.1 cm³/mol. The average molecular weight is 284 g/mol. The third-order valence-electron chi connectivity index (χ3n) is 2.76. The van der Waals surface area contributed by atoms with E-state index in [1.807, 2.05) is 0 Å². The Hall–Kier alpha value is -2.24. The fourth-order valence-corrected chi connectivity index (χ4v) is 1.84. The van der Waals surface area contributed by atoms with Gasteiger partial charge in [-0.25, -0.2) is 0 Å². The number of halogens is 3. The number of hydrogen-bond donors (Lipinski definition) is 1. The van der Waals surface area contributed by atoms with E-state index in [-0.39, 0.29) is 17.7 Å². The van der Waals surface area contributed by atoms with Gasteiger partial charge in [0.15, 0.2) is 0 Å². The highest BCUT2D eigenvalue weighted by Crippen LogP contribution is 2.34. The summed E-state index contributed by atoms with van der Waals surface area (Å²) in [5, 5.41) is 10.3. The molecule has 0 unspecified atom stereocenters. The summed E-state index contributed by atoms with van der Waals surface area (Å²) in [6.45, 7) is 1.20. The minimum absolute atomic E-state index is 0.0418. The molecule has 2 rings (SSSR count). The maximum absolute atomic E-state index is 12.6. The summed E-state index contributed by atoms with van der Waals surface area (Å²) in [7, 11) is 0. The molecular weight excluding hydrogens is 273 g/mol. The van der Waals surface area contributed by atoms with Gasteiger partial charge in [-0.15, -0.1) is 0 Å². The molecule has 6 heteroatoms. The summed E-state index contributed by atoms with van der Waals surface area (Å²) in [5.41, 5.74) is -0.321. The molecule has 0 aromatic heterocycles.